The largest absolute Gasteiger partial charge is 0.465 e. The summed E-state index contributed by atoms with van der Waals surface area (Å²) in [6.45, 7) is 7.14. The standard InChI is InChI=1S/C14H20N2O4S/c1-8-9(2)21-12(11(8)13(18)19-4)16-10(17)5-20-14(3)6-15-7-14/h15H,5-7H2,1-4H3,(H,16,17). The molecule has 1 amide bonds. The van der Waals surface area contributed by atoms with Gasteiger partial charge in [0, 0.05) is 18.0 Å². The number of ether oxygens (including phenoxy) is 2. The van der Waals surface area contributed by atoms with Gasteiger partial charge < -0.3 is 20.1 Å². The molecule has 1 aromatic rings. The fourth-order valence-electron chi connectivity index (χ4n) is 2.04. The molecule has 0 saturated carbocycles. The number of rotatable bonds is 5. The zero-order valence-electron chi connectivity index (χ0n) is 12.7. The van der Waals surface area contributed by atoms with Crippen LogP contribution in [-0.4, -0.2) is 44.3 Å². The first-order valence-corrected chi connectivity index (χ1v) is 7.51. The van der Waals surface area contributed by atoms with Gasteiger partial charge in [0.2, 0.25) is 0 Å². The van der Waals surface area contributed by atoms with E-state index < -0.39 is 5.97 Å². The molecule has 0 aromatic carbocycles. The summed E-state index contributed by atoms with van der Waals surface area (Å²) >= 11 is 1.37. The van der Waals surface area contributed by atoms with Gasteiger partial charge in [-0.05, 0) is 26.3 Å². The Morgan fingerprint density at radius 2 is 2.05 bits per heavy atom. The molecule has 0 radical (unpaired) electrons. The summed E-state index contributed by atoms with van der Waals surface area (Å²) < 4.78 is 10.3. The van der Waals surface area contributed by atoms with Gasteiger partial charge in [0.05, 0.1) is 18.3 Å². The maximum atomic E-state index is 12.0. The molecule has 0 unspecified atom stereocenters. The lowest BCUT2D eigenvalue weighted by atomic mass is 10.0. The fourth-order valence-corrected chi connectivity index (χ4v) is 3.11. The smallest absolute Gasteiger partial charge is 0.341 e. The maximum absolute atomic E-state index is 12.0. The average molecular weight is 312 g/mol. The van der Waals surface area contributed by atoms with Gasteiger partial charge in [0.15, 0.2) is 0 Å². The maximum Gasteiger partial charge on any atom is 0.341 e. The molecule has 2 N–H and O–H groups in total. The lowest BCUT2D eigenvalue weighted by Crippen LogP contribution is -2.59. The van der Waals surface area contributed by atoms with Crippen LogP contribution in [0.15, 0.2) is 0 Å². The van der Waals surface area contributed by atoms with Gasteiger partial charge >= 0.3 is 5.97 Å². The minimum atomic E-state index is -0.441. The van der Waals surface area contributed by atoms with E-state index in [9.17, 15) is 9.59 Å². The molecule has 1 aliphatic rings. The lowest BCUT2D eigenvalue weighted by molar-refractivity contribution is -0.130. The monoisotopic (exact) mass is 312 g/mol. The molecule has 2 heterocycles. The average Bonchev–Trinajstić information content (AvgIpc) is 2.68. The second kappa shape index (κ2) is 6.13. The van der Waals surface area contributed by atoms with Crippen LogP contribution in [0.4, 0.5) is 5.00 Å². The number of carbonyl (C=O) groups is 2. The van der Waals surface area contributed by atoms with Crippen molar-refractivity contribution in [3.63, 3.8) is 0 Å². The van der Waals surface area contributed by atoms with E-state index >= 15 is 0 Å². The van der Waals surface area contributed by atoms with E-state index in [1.165, 1.54) is 18.4 Å². The molecule has 1 saturated heterocycles. The Hall–Kier alpha value is -1.44. The van der Waals surface area contributed by atoms with Crippen molar-refractivity contribution in [1.29, 1.82) is 0 Å². The van der Waals surface area contributed by atoms with Crippen molar-refractivity contribution in [1.82, 2.24) is 5.32 Å². The number of esters is 1. The van der Waals surface area contributed by atoms with Crippen LogP contribution in [0.25, 0.3) is 0 Å². The summed E-state index contributed by atoms with van der Waals surface area (Å²) in [6, 6.07) is 0. The van der Waals surface area contributed by atoms with Gasteiger partial charge in [-0.2, -0.15) is 0 Å². The third-order valence-corrected chi connectivity index (χ3v) is 4.70. The predicted molar refractivity (Wildman–Crippen MR) is 81.0 cm³/mol. The van der Waals surface area contributed by atoms with E-state index in [2.05, 4.69) is 10.6 Å². The van der Waals surface area contributed by atoms with Crippen LogP contribution in [0.2, 0.25) is 0 Å². The van der Waals surface area contributed by atoms with Gasteiger partial charge in [-0.15, -0.1) is 11.3 Å². The first-order chi connectivity index (χ1) is 9.86. The van der Waals surface area contributed by atoms with Crippen molar-refractivity contribution >= 4 is 28.2 Å². The van der Waals surface area contributed by atoms with E-state index in [0.717, 1.165) is 23.5 Å². The number of amides is 1. The third-order valence-electron chi connectivity index (χ3n) is 3.58. The Morgan fingerprint density at radius 1 is 1.38 bits per heavy atom. The second-order valence-corrected chi connectivity index (χ2v) is 6.59. The Bertz CT molecular complexity index is 564. The van der Waals surface area contributed by atoms with Crippen molar-refractivity contribution in [2.24, 2.45) is 0 Å². The van der Waals surface area contributed by atoms with Crippen LogP contribution >= 0.6 is 11.3 Å². The zero-order valence-corrected chi connectivity index (χ0v) is 13.5. The molecule has 116 valence electrons. The lowest BCUT2D eigenvalue weighted by Gasteiger charge is -2.38. The number of methoxy groups -OCH3 is 1. The number of nitrogens with one attached hydrogen (secondary N) is 2. The highest BCUT2D eigenvalue weighted by Gasteiger charge is 2.33. The number of hydrogen-bond donors (Lipinski definition) is 2. The minimum absolute atomic E-state index is 0.0329. The van der Waals surface area contributed by atoms with Crippen molar-refractivity contribution in [3.05, 3.63) is 16.0 Å². The Balaban J connectivity index is 2.03. The molecular weight excluding hydrogens is 292 g/mol. The fraction of sp³-hybridized carbons (Fsp3) is 0.571. The highest BCUT2D eigenvalue weighted by molar-refractivity contribution is 7.16. The Labute approximate surface area is 127 Å². The van der Waals surface area contributed by atoms with Crippen molar-refractivity contribution < 1.29 is 19.1 Å². The minimum Gasteiger partial charge on any atom is -0.465 e. The van der Waals surface area contributed by atoms with E-state index in [-0.39, 0.29) is 18.1 Å². The highest BCUT2D eigenvalue weighted by Crippen LogP contribution is 2.32. The summed E-state index contributed by atoms with van der Waals surface area (Å²) in [5.41, 5.74) is 0.979. The molecule has 0 bridgehead atoms. The zero-order chi connectivity index (χ0) is 15.6. The Kier molecular flexibility index (Phi) is 4.65. The third kappa shape index (κ3) is 3.42. The van der Waals surface area contributed by atoms with E-state index in [4.69, 9.17) is 9.47 Å². The topological polar surface area (TPSA) is 76.7 Å². The molecule has 2 rings (SSSR count). The second-order valence-electron chi connectivity index (χ2n) is 5.37. The number of thiophene rings is 1. The number of hydrogen-bond acceptors (Lipinski definition) is 6. The van der Waals surface area contributed by atoms with Crippen LogP contribution in [0.5, 0.6) is 0 Å². The summed E-state index contributed by atoms with van der Waals surface area (Å²) in [6.07, 6.45) is 0. The molecule has 6 nitrogen and oxygen atoms in total. The molecule has 7 heteroatoms. The molecule has 0 atom stereocenters. The number of anilines is 1. The summed E-state index contributed by atoms with van der Waals surface area (Å²) in [5, 5.41) is 6.36. The van der Waals surface area contributed by atoms with Gasteiger partial charge in [0.25, 0.3) is 5.91 Å². The van der Waals surface area contributed by atoms with Crippen molar-refractivity contribution in [2.45, 2.75) is 26.4 Å². The SMILES string of the molecule is COC(=O)c1c(NC(=O)COC2(C)CNC2)sc(C)c1C. The van der Waals surface area contributed by atoms with Crippen LogP contribution in [0.3, 0.4) is 0 Å². The van der Waals surface area contributed by atoms with Crippen molar-refractivity contribution in [3.8, 4) is 0 Å². The quantitative estimate of drug-likeness (QED) is 0.805. The van der Waals surface area contributed by atoms with E-state index in [1.54, 1.807) is 0 Å². The van der Waals surface area contributed by atoms with Gasteiger partial charge in [-0.25, -0.2) is 4.79 Å². The van der Waals surface area contributed by atoms with Crippen LogP contribution in [-0.2, 0) is 14.3 Å². The Morgan fingerprint density at radius 3 is 2.57 bits per heavy atom. The molecular formula is C14H20N2O4S. The predicted octanol–water partition coefficient (Wildman–Crippen LogP) is 1.47. The van der Waals surface area contributed by atoms with E-state index in [1.807, 2.05) is 20.8 Å². The van der Waals surface area contributed by atoms with Gasteiger partial charge in [-0.3, -0.25) is 4.79 Å². The van der Waals surface area contributed by atoms with Crippen LogP contribution in [0.1, 0.15) is 27.7 Å². The van der Waals surface area contributed by atoms with Gasteiger partial charge in [0.1, 0.15) is 11.6 Å². The normalized spacial score (nSPS) is 16.2. The van der Waals surface area contributed by atoms with Crippen molar-refractivity contribution in [2.75, 3.05) is 32.1 Å². The molecule has 0 spiro atoms. The van der Waals surface area contributed by atoms with Crippen LogP contribution in [0, 0.1) is 13.8 Å². The molecule has 1 aliphatic heterocycles. The molecule has 0 aliphatic carbocycles. The summed E-state index contributed by atoms with van der Waals surface area (Å²) in [5.74, 6) is -0.710. The first kappa shape index (κ1) is 15.9. The highest BCUT2D eigenvalue weighted by atomic mass is 32.1. The molecule has 21 heavy (non-hydrogen) atoms. The van der Waals surface area contributed by atoms with Crippen LogP contribution < -0.4 is 10.6 Å². The summed E-state index contributed by atoms with van der Waals surface area (Å²) in [4.78, 5) is 24.8. The molecule has 1 fully saturated rings. The first-order valence-electron chi connectivity index (χ1n) is 6.69. The van der Waals surface area contributed by atoms with Gasteiger partial charge in [-0.1, -0.05) is 0 Å². The number of aryl methyl sites for hydroxylation is 1. The number of carbonyl (C=O) groups excluding carboxylic acids is 2. The summed E-state index contributed by atoms with van der Waals surface area (Å²) in [7, 11) is 1.33. The van der Waals surface area contributed by atoms with E-state index in [0.29, 0.717) is 10.6 Å². The molecule has 1 aromatic heterocycles.